The van der Waals surface area contributed by atoms with E-state index >= 15 is 0 Å². The van der Waals surface area contributed by atoms with Crippen molar-refractivity contribution >= 4 is 29.1 Å². The molecule has 0 aliphatic carbocycles. The highest BCUT2D eigenvalue weighted by molar-refractivity contribution is 6.46. The first-order valence-electron chi connectivity index (χ1n) is 9.11. The SMILES string of the molecule is COc1cccc(C2=NC3(CCN(C(=O)c4cccc(Cl)c4)CC3)NC2=O)c1. The molecule has 0 atom stereocenters. The third kappa shape index (κ3) is 3.47. The lowest BCUT2D eigenvalue weighted by molar-refractivity contribution is -0.115. The van der Waals surface area contributed by atoms with E-state index in [2.05, 4.69) is 5.32 Å². The van der Waals surface area contributed by atoms with Gasteiger partial charge in [-0.1, -0.05) is 29.8 Å². The summed E-state index contributed by atoms with van der Waals surface area (Å²) in [7, 11) is 1.59. The van der Waals surface area contributed by atoms with Crippen molar-refractivity contribution in [3.63, 3.8) is 0 Å². The Morgan fingerprint density at radius 2 is 1.93 bits per heavy atom. The molecule has 2 aromatic carbocycles. The van der Waals surface area contributed by atoms with E-state index in [0.717, 1.165) is 5.56 Å². The molecule has 0 saturated carbocycles. The lowest BCUT2D eigenvalue weighted by Crippen LogP contribution is -2.52. The minimum absolute atomic E-state index is 0.0568. The Kier molecular flexibility index (Phi) is 4.81. The number of piperidine rings is 1. The molecule has 0 unspecified atom stereocenters. The van der Waals surface area contributed by atoms with Crippen molar-refractivity contribution in [2.75, 3.05) is 20.2 Å². The summed E-state index contributed by atoms with van der Waals surface area (Å²) >= 11 is 5.99. The second kappa shape index (κ2) is 7.28. The smallest absolute Gasteiger partial charge is 0.272 e. The van der Waals surface area contributed by atoms with Gasteiger partial charge in [-0.15, -0.1) is 0 Å². The summed E-state index contributed by atoms with van der Waals surface area (Å²) < 4.78 is 5.24. The van der Waals surface area contributed by atoms with Gasteiger partial charge >= 0.3 is 0 Å². The van der Waals surface area contributed by atoms with Gasteiger partial charge in [0.05, 0.1) is 7.11 Å². The molecule has 2 amide bonds. The van der Waals surface area contributed by atoms with Gasteiger partial charge in [0.25, 0.3) is 11.8 Å². The van der Waals surface area contributed by atoms with E-state index in [-0.39, 0.29) is 11.8 Å². The number of aliphatic imine (C=N–C) groups is 1. The maximum Gasteiger partial charge on any atom is 0.272 e. The normalized spacial score (nSPS) is 18.0. The fraction of sp³-hybridized carbons (Fsp3) is 0.286. The van der Waals surface area contributed by atoms with Crippen LogP contribution in [0.1, 0.15) is 28.8 Å². The van der Waals surface area contributed by atoms with Gasteiger partial charge in [-0.3, -0.25) is 14.6 Å². The first-order valence-corrected chi connectivity index (χ1v) is 9.49. The highest BCUT2D eigenvalue weighted by atomic mass is 35.5. The van der Waals surface area contributed by atoms with Gasteiger partial charge < -0.3 is 15.0 Å². The van der Waals surface area contributed by atoms with Crippen LogP contribution in [-0.2, 0) is 4.79 Å². The molecule has 6 nitrogen and oxygen atoms in total. The third-order valence-electron chi connectivity index (χ3n) is 5.18. The first kappa shape index (κ1) is 18.5. The van der Waals surface area contributed by atoms with Crippen molar-refractivity contribution in [2.24, 2.45) is 4.99 Å². The number of nitrogens with one attached hydrogen (secondary N) is 1. The number of carbonyl (C=O) groups is 2. The van der Waals surface area contributed by atoms with Crippen molar-refractivity contribution in [3.05, 3.63) is 64.7 Å². The van der Waals surface area contributed by atoms with Crippen molar-refractivity contribution < 1.29 is 14.3 Å². The molecule has 2 aliphatic heterocycles. The van der Waals surface area contributed by atoms with Crippen molar-refractivity contribution in [2.45, 2.75) is 18.5 Å². The molecule has 1 spiro atoms. The monoisotopic (exact) mass is 397 g/mol. The summed E-state index contributed by atoms with van der Waals surface area (Å²) in [5.74, 6) is 0.428. The minimum atomic E-state index is -0.652. The largest absolute Gasteiger partial charge is 0.497 e. The van der Waals surface area contributed by atoms with Crippen LogP contribution >= 0.6 is 11.6 Å². The Bertz CT molecular complexity index is 965. The van der Waals surface area contributed by atoms with Crippen LogP contribution in [-0.4, -0.2) is 48.3 Å². The number of hydrogen-bond donors (Lipinski definition) is 1. The standard InChI is InChI=1S/C21H20ClN3O3/c1-28-17-7-3-4-14(13-17)18-19(26)24-21(23-18)8-10-25(11-9-21)20(27)15-5-2-6-16(22)12-15/h2-7,12-13H,8-11H2,1H3,(H,24,26). The third-order valence-corrected chi connectivity index (χ3v) is 5.41. The zero-order valence-electron chi connectivity index (χ0n) is 15.4. The van der Waals surface area contributed by atoms with Crippen LogP contribution in [0.4, 0.5) is 0 Å². The Morgan fingerprint density at radius 1 is 1.18 bits per heavy atom. The number of benzene rings is 2. The Morgan fingerprint density at radius 3 is 2.64 bits per heavy atom. The number of amides is 2. The molecular weight excluding hydrogens is 378 g/mol. The van der Waals surface area contributed by atoms with Gasteiger partial charge in [0.2, 0.25) is 0 Å². The molecule has 28 heavy (non-hydrogen) atoms. The van der Waals surface area contributed by atoms with Crippen LogP contribution in [0.25, 0.3) is 0 Å². The van der Waals surface area contributed by atoms with Gasteiger partial charge in [-0.05, 0) is 30.3 Å². The molecular formula is C21H20ClN3O3. The lowest BCUT2D eigenvalue weighted by atomic mass is 9.97. The Labute approximate surface area is 168 Å². The zero-order valence-corrected chi connectivity index (χ0v) is 16.2. The van der Waals surface area contributed by atoms with Gasteiger partial charge in [0.15, 0.2) is 0 Å². The molecule has 4 rings (SSSR count). The number of hydrogen-bond acceptors (Lipinski definition) is 4. The van der Waals surface area contributed by atoms with Crippen LogP contribution in [0.3, 0.4) is 0 Å². The van der Waals surface area contributed by atoms with E-state index in [1.54, 1.807) is 42.3 Å². The predicted molar refractivity (Wildman–Crippen MR) is 107 cm³/mol. The first-order chi connectivity index (χ1) is 13.5. The number of halogens is 1. The summed E-state index contributed by atoms with van der Waals surface area (Å²) in [5, 5.41) is 3.56. The minimum Gasteiger partial charge on any atom is -0.497 e. The molecule has 0 radical (unpaired) electrons. The average Bonchev–Trinajstić information content (AvgIpc) is 3.04. The van der Waals surface area contributed by atoms with Gasteiger partial charge in [-0.2, -0.15) is 0 Å². The molecule has 0 aromatic heterocycles. The molecule has 0 bridgehead atoms. The highest BCUT2D eigenvalue weighted by Gasteiger charge is 2.43. The van der Waals surface area contributed by atoms with E-state index in [0.29, 0.717) is 48.0 Å². The van der Waals surface area contributed by atoms with Crippen LogP contribution < -0.4 is 10.1 Å². The van der Waals surface area contributed by atoms with Crippen LogP contribution in [0.15, 0.2) is 53.5 Å². The number of ether oxygens (including phenoxy) is 1. The number of nitrogens with zero attached hydrogens (tertiary/aromatic N) is 2. The summed E-state index contributed by atoms with van der Waals surface area (Å²) in [6.45, 7) is 1.03. The molecule has 2 aliphatic rings. The summed E-state index contributed by atoms with van der Waals surface area (Å²) in [6, 6.07) is 14.2. The maximum absolute atomic E-state index is 12.7. The number of likely N-dealkylation sites (tertiary alicyclic amines) is 1. The van der Waals surface area contributed by atoms with Crippen LogP contribution in [0.2, 0.25) is 5.02 Å². The fourth-order valence-electron chi connectivity index (χ4n) is 3.65. The van der Waals surface area contributed by atoms with E-state index in [9.17, 15) is 9.59 Å². The van der Waals surface area contributed by atoms with Crippen molar-refractivity contribution in [3.8, 4) is 5.75 Å². The van der Waals surface area contributed by atoms with Gasteiger partial charge in [0.1, 0.15) is 17.1 Å². The quantitative estimate of drug-likeness (QED) is 0.865. The molecule has 2 heterocycles. The summed E-state index contributed by atoms with van der Waals surface area (Å²) in [4.78, 5) is 31.8. The van der Waals surface area contributed by atoms with E-state index in [1.807, 2.05) is 18.2 Å². The van der Waals surface area contributed by atoms with Crippen LogP contribution in [0.5, 0.6) is 5.75 Å². The molecule has 2 aromatic rings. The molecule has 1 N–H and O–H groups in total. The van der Waals surface area contributed by atoms with Gasteiger partial charge in [0, 0.05) is 42.1 Å². The van der Waals surface area contributed by atoms with E-state index in [1.165, 1.54) is 0 Å². The highest BCUT2D eigenvalue weighted by Crippen LogP contribution is 2.30. The van der Waals surface area contributed by atoms with Gasteiger partial charge in [-0.25, -0.2) is 0 Å². The lowest BCUT2D eigenvalue weighted by Gasteiger charge is -2.37. The Balaban J connectivity index is 1.50. The number of rotatable bonds is 3. The topological polar surface area (TPSA) is 71.0 Å². The van der Waals surface area contributed by atoms with E-state index < -0.39 is 5.66 Å². The van der Waals surface area contributed by atoms with E-state index in [4.69, 9.17) is 21.3 Å². The molecule has 1 fully saturated rings. The second-order valence-corrected chi connectivity index (χ2v) is 7.42. The number of carbonyl (C=O) groups excluding carboxylic acids is 2. The molecule has 7 heteroatoms. The van der Waals surface area contributed by atoms with Crippen molar-refractivity contribution in [1.82, 2.24) is 10.2 Å². The molecule has 144 valence electrons. The Hall–Kier alpha value is -2.86. The summed E-state index contributed by atoms with van der Waals surface area (Å²) in [6.07, 6.45) is 1.14. The predicted octanol–water partition coefficient (Wildman–Crippen LogP) is 2.90. The van der Waals surface area contributed by atoms with Crippen LogP contribution in [0, 0.1) is 0 Å². The maximum atomic E-state index is 12.7. The molecule has 1 saturated heterocycles. The summed E-state index contributed by atoms with van der Waals surface area (Å²) in [5.41, 5.74) is 1.06. The fourth-order valence-corrected chi connectivity index (χ4v) is 3.84. The second-order valence-electron chi connectivity index (χ2n) is 6.98. The number of methoxy groups -OCH3 is 1. The zero-order chi connectivity index (χ0) is 19.7. The average molecular weight is 398 g/mol. The van der Waals surface area contributed by atoms with Crippen molar-refractivity contribution in [1.29, 1.82) is 0 Å².